The molecule has 2 rings (SSSR count). The first kappa shape index (κ1) is 11.9. The standard InChI is InChI=1S/C14H17NO2/c16-13-14(17,12-8-4-3-5-9-12)10-6-1-2-7-11-15-13/h1,3-6,8-9,17H,2,7,10-11H2,(H,15,16)/b6-1+. The maximum Gasteiger partial charge on any atom is 0.256 e. The highest BCUT2D eigenvalue weighted by molar-refractivity contribution is 5.86. The number of allylic oxidation sites excluding steroid dienone is 1. The van der Waals surface area contributed by atoms with Gasteiger partial charge in [0.05, 0.1) is 0 Å². The Balaban J connectivity index is 2.33. The van der Waals surface area contributed by atoms with Crippen molar-refractivity contribution < 1.29 is 9.90 Å². The Morgan fingerprint density at radius 2 is 1.94 bits per heavy atom. The topological polar surface area (TPSA) is 49.3 Å². The van der Waals surface area contributed by atoms with Crippen LogP contribution in [0, 0.1) is 0 Å². The molecule has 0 aromatic heterocycles. The fourth-order valence-electron chi connectivity index (χ4n) is 2.00. The maximum atomic E-state index is 12.0. The lowest BCUT2D eigenvalue weighted by Crippen LogP contribution is -2.44. The molecule has 0 spiro atoms. The van der Waals surface area contributed by atoms with Crippen LogP contribution in [0.2, 0.25) is 0 Å². The van der Waals surface area contributed by atoms with Gasteiger partial charge in [-0.25, -0.2) is 0 Å². The van der Waals surface area contributed by atoms with Gasteiger partial charge in [-0.2, -0.15) is 0 Å². The first-order valence-corrected chi connectivity index (χ1v) is 5.95. The smallest absolute Gasteiger partial charge is 0.256 e. The molecule has 3 heteroatoms. The van der Waals surface area contributed by atoms with E-state index in [1.165, 1.54) is 0 Å². The summed E-state index contributed by atoms with van der Waals surface area (Å²) < 4.78 is 0. The molecule has 2 N–H and O–H groups in total. The highest BCUT2D eigenvalue weighted by atomic mass is 16.3. The summed E-state index contributed by atoms with van der Waals surface area (Å²) in [5.41, 5.74) is -0.800. The van der Waals surface area contributed by atoms with Gasteiger partial charge >= 0.3 is 0 Å². The molecular weight excluding hydrogens is 214 g/mol. The Kier molecular flexibility index (Phi) is 3.59. The summed E-state index contributed by atoms with van der Waals surface area (Å²) in [6, 6.07) is 9.10. The largest absolute Gasteiger partial charge is 0.375 e. The molecule has 1 aromatic carbocycles. The molecule has 1 heterocycles. The predicted octanol–water partition coefficient (Wildman–Crippen LogP) is 1.73. The molecule has 3 nitrogen and oxygen atoms in total. The van der Waals surface area contributed by atoms with Crippen molar-refractivity contribution in [1.29, 1.82) is 0 Å². The van der Waals surface area contributed by atoms with Crippen LogP contribution in [0.3, 0.4) is 0 Å². The van der Waals surface area contributed by atoms with Gasteiger partial charge in [0.1, 0.15) is 0 Å². The first-order valence-electron chi connectivity index (χ1n) is 5.95. The van der Waals surface area contributed by atoms with Crippen LogP contribution in [0.25, 0.3) is 0 Å². The number of nitrogens with one attached hydrogen (secondary N) is 1. The summed E-state index contributed by atoms with van der Waals surface area (Å²) >= 11 is 0. The van der Waals surface area contributed by atoms with Crippen LogP contribution in [0.1, 0.15) is 24.8 Å². The predicted molar refractivity (Wildman–Crippen MR) is 66.3 cm³/mol. The van der Waals surface area contributed by atoms with Crippen molar-refractivity contribution in [3.63, 3.8) is 0 Å². The third kappa shape index (κ3) is 2.56. The van der Waals surface area contributed by atoms with Gasteiger partial charge in [-0.05, 0) is 18.4 Å². The van der Waals surface area contributed by atoms with E-state index >= 15 is 0 Å². The molecule has 1 aliphatic heterocycles. The third-order valence-corrected chi connectivity index (χ3v) is 3.04. The molecule has 0 saturated carbocycles. The van der Waals surface area contributed by atoms with Crippen LogP contribution in [0.4, 0.5) is 0 Å². The van der Waals surface area contributed by atoms with Crippen LogP contribution in [0.5, 0.6) is 0 Å². The molecule has 0 fully saturated rings. The Labute approximate surface area is 101 Å². The average Bonchev–Trinajstić information content (AvgIpc) is 2.45. The highest BCUT2D eigenvalue weighted by Gasteiger charge is 2.36. The summed E-state index contributed by atoms with van der Waals surface area (Å²) in [5.74, 6) is -0.310. The molecule has 0 saturated heterocycles. The summed E-state index contributed by atoms with van der Waals surface area (Å²) in [6.45, 7) is 0.609. The van der Waals surface area contributed by atoms with Crippen LogP contribution < -0.4 is 5.32 Å². The number of rotatable bonds is 1. The first-order chi connectivity index (χ1) is 8.23. The van der Waals surface area contributed by atoms with Gasteiger partial charge in [0.25, 0.3) is 5.91 Å². The number of hydrogen-bond donors (Lipinski definition) is 2. The fraction of sp³-hybridized carbons (Fsp3) is 0.357. The lowest BCUT2D eigenvalue weighted by Gasteiger charge is -2.25. The van der Waals surface area contributed by atoms with Crippen molar-refractivity contribution in [1.82, 2.24) is 5.32 Å². The van der Waals surface area contributed by atoms with Gasteiger partial charge < -0.3 is 10.4 Å². The van der Waals surface area contributed by atoms with Crippen molar-refractivity contribution in [3.8, 4) is 0 Å². The van der Waals surface area contributed by atoms with E-state index in [9.17, 15) is 9.90 Å². The average molecular weight is 231 g/mol. The van der Waals surface area contributed by atoms with E-state index < -0.39 is 5.60 Å². The van der Waals surface area contributed by atoms with Crippen molar-refractivity contribution in [2.75, 3.05) is 6.54 Å². The molecule has 0 bridgehead atoms. The normalized spacial score (nSPS) is 27.5. The SMILES string of the molecule is O=C1NCCC/C=C/CC1(O)c1ccccc1. The van der Waals surface area contributed by atoms with Gasteiger partial charge in [-0.3, -0.25) is 4.79 Å². The second kappa shape index (κ2) is 5.15. The van der Waals surface area contributed by atoms with Crippen molar-refractivity contribution in [2.24, 2.45) is 0 Å². The minimum Gasteiger partial charge on any atom is -0.375 e. The van der Waals surface area contributed by atoms with Crippen molar-refractivity contribution in [3.05, 3.63) is 48.0 Å². The summed E-state index contributed by atoms with van der Waals surface area (Å²) in [5, 5.41) is 13.4. The second-order valence-corrected chi connectivity index (χ2v) is 4.30. The number of benzene rings is 1. The van der Waals surface area contributed by atoms with Crippen molar-refractivity contribution in [2.45, 2.75) is 24.9 Å². The number of carbonyl (C=O) groups is 1. The third-order valence-electron chi connectivity index (χ3n) is 3.04. The van der Waals surface area contributed by atoms with Crippen LogP contribution in [0.15, 0.2) is 42.5 Å². The van der Waals surface area contributed by atoms with Gasteiger partial charge in [-0.15, -0.1) is 0 Å². The summed E-state index contributed by atoms with van der Waals surface area (Å²) in [4.78, 5) is 12.0. The summed E-state index contributed by atoms with van der Waals surface area (Å²) in [7, 11) is 0. The fourth-order valence-corrected chi connectivity index (χ4v) is 2.00. The zero-order valence-corrected chi connectivity index (χ0v) is 9.73. The van der Waals surface area contributed by atoms with E-state index in [2.05, 4.69) is 5.32 Å². The zero-order chi connectivity index (χ0) is 12.1. The Morgan fingerprint density at radius 1 is 1.18 bits per heavy atom. The molecule has 0 aliphatic carbocycles. The van der Waals surface area contributed by atoms with E-state index in [-0.39, 0.29) is 5.91 Å². The number of hydrogen-bond acceptors (Lipinski definition) is 2. The van der Waals surface area contributed by atoms with Crippen LogP contribution in [-0.2, 0) is 10.4 Å². The minimum absolute atomic E-state index is 0.310. The molecule has 1 amide bonds. The molecule has 1 unspecified atom stereocenters. The Hall–Kier alpha value is -1.61. The van der Waals surface area contributed by atoms with Crippen molar-refractivity contribution >= 4 is 5.91 Å². The lowest BCUT2D eigenvalue weighted by molar-refractivity contribution is -0.140. The number of amides is 1. The van der Waals surface area contributed by atoms with Crippen LogP contribution >= 0.6 is 0 Å². The number of aliphatic hydroxyl groups is 1. The number of carbonyl (C=O) groups excluding carboxylic acids is 1. The quantitative estimate of drug-likeness (QED) is 0.723. The zero-order valence-electron chi connectivity index (χ0n) is 9.73. The van der Waals surface area contributed by atoms with E-state index in [0.29, 0.717) is 18.5 Å². The van der Waals surface area contributed by atoms with Crippen LogP contribution in [-0.4, -0.2) is 17.6 Å². The minimum atomic E-state index is -1.44. The molecular formula is C14H17NO2. The van der Waals surface area contributed by atoms with E-state index in [0.717, 1.165) is 12.8 Å². The monoisotopic (exact) mass is 231 g/mol. The van der Waals surface area contributed by atoms with E-state index in [4.69, 9.17) is 0 Å². The van der Waals surface area contributed by atoms with Gasteiger partial charge in [0.2, 0.25) is 0 Å². The summed E-state index contributed by atoms with van der Waals surface area (Å²) in [6.07, 6.45) is 6.08. The Morgan fingerprint density at radius 3 is 2.71 bits per heavy atom. The molecule has 1 aliphatic rings. The van der Waals surface area contributed by atoms with E-state index in [1.54, 1.807) is 12.1 Å². The molecule has 1 atom stereocenters. The lowest BCUT2D eigenvalue weighted by atomic mass is 9.89. The maximum absolute atomic E-state index is 12.0. The molecule has 90 valence electrons. The van der Waals surface area contributed by atoms with Gasteiger partial charge in [0, 0.05) is 13.0 Å². The molecule has 17 heavy (non-hydrogen) atoms. The highest BCUT2D eigenvalue weighted by Crippen LogP contribution is 2.26. The molecule has 0 radical (unpaired) electrons. The van der Waals surface area contributed by atoms with Gasteiger partial charge in [0.15, 0.2) is 5.60 Å². The Bertz CT molecular complexity index is 413. The van der Waals surface area contributed by atoms with Gasteiger partial charge in [-0.1, -0.05) is 42.5 Å². The molecule has 1 aromatic rings. The second-order valence-electron chi connectivity index (χ2n) is 4.30. The van der Waals surface area contributed by atoms with E-state index in [1.807, 2.05) is 30.4 Å².